The van der Waals surface area contributed by atoms with Crippen molar-refractivity contribution in [3.63, 3.8) is 0 Å². The van der Waals surface area contributed by atoms with E-state index in [9.17, 15) is 9.46 Å². The molecule has 0 radical (unpaired) electrons. The molecule has 0 aromatic heterocycles. The van der Waals surface area contributed by atoms with Crippen LogP contribution >= 0.6 is 15.6 Å². The van der Waals surface area contributed by atoms with Crippen molar-refractivity contribution in [1.29, 1.82) is 0 Å². The third-order valence-corrected chi connectivity index (χ3v) is 3.39. The van der Waals surface area contributed by atoms with Crippen LogP contribution < -0.4 is 0 Å². The van der Waals surface area contributed by atoms with E-state index in [1.807, 2.05) is 60.7 Å². The van der Waals surface area contributed by atoms with Crippen LogP contribution in [0.25, 0.3) is 0 Å². The fourth-order valence-corrected chi connectivity index (χ4v) is 2.20. The third-order valence-electron chi connectivity index (χ3n) is 2.47. The average Bonchev–Trinajstić information content (AvgIpc) is 2.52. The second-order valence-corrected chi connectivity index (χ2v) is 6.98. The van der Waals surface area contributed by atoms with Crippen LogP contribution in [-0.2, 0) is 31.4 Å². The van der Waals surface area contributed by atoms with Gasteiger partial charge in [0.05, 0.1) is 13.2 Å². The van der Waals surface area contributed by atoms with Gasteiger partial charge in [-0.25, -0.2) is 9.13 Å². The second-order valence-electron chi connectivity index (χ2n) is 4.50. The number of rotatable bonds is 6. The van der Waals surface area contributed by atoms with Gasteiger partial charge in [0.1, 0.15) is 0 Å². The maximum absolute atomic E-state index is 11.7. The summed E-state index contributed by atoms with van der Waals surface area (Å²) in [7, 11) is -8.66. The molecule has 0 saturated heterocycles. The van der Waals surface area contributed by atoms with Gasteiger partial charge in [-0.05, 0) is 11.1 Å². The van der Waals surface area contributed by atoms with E-state index in [1.165, 1.54) is 0 Å². The zero-order chi connectivity index (χ0) is 18.1. The number of hydrogen-bond donors (Lipinski definition) is 4. The highest BCUT2D eigenvalue weighted by atomic mass is 31.2. The quantitative estimate of drug-likeness (QED) is 0.566. The van der Waals surface area contributed by atoms with E-state index in [2.05, 4.69) is 0 Å². The zero-order valence-corrected chi connectivity index (χ0v) is 14.3. The minimum atomic E-state index is -4.64. The van der Waals surface area contributed by atoms with Crippen LogP contribution in [0.4, 0.5) is 0 Å². The average molecular weight is 376 g/mol. The summed E-state index contributed by atoms with van der Waals surface area (Å²) in [5.41, 5.74) is 1.64. The van der Waals surface area contributed by atoms with Crippen molar-refractivity contribution in [2.45, 2.75) is 13.2 Å². The molecule has 0 bridgehead atoms. The Labute approximate surface area is 139 Å². The minimum absolute atomic E-state index is 0.0450. The van der Waals surface area contributed by atoms with E-state index in [4.69, 9.17) is 28.3 Å². The maximum Gasteiger partial charge on any atom is 0.472 e. The van der Waals surface area contributed by atoms with Crippen molar-refractivity contribution in [3.05, 3.63) is 71.8 Å². The van der Waals surface area contributed by atoms with Gasteiger partial charge in [-0.2, -0.15) is 0 Å². The van der Waals surface area contributed by atoms with Gasteiger partial charge in [0.2, 0.25) is 0 Å². The summed E-state index contributed by atoms with van der Waals surface area (Å²) in [6.07, 6.45) is 0. The number of phosphoric acid groups is 2. The van der Waals surface area contributed by atoms with Crippen LogP contribution in [0.15, 0.2) is 60.7 Å². The molecule has 8 nitrogen and oxygen atoms in total. The summed E-state index contributed by atoms with van der Waals surface area (Å²) in [5, 5.41) is 0. The lowest BCUT2D eigenvalue weighted by Crippen LogP contribution is -1.96. The number of hydrogen-bond acceptors (Lipinski definition) is 4. The van der Waals surface area contributed by atoms with Gasteiger partial charge >= 0.3 is 15.6 Å². The largest absolute Gasteiger partial charge is 0.472 e. The molecular weight excluding hydrogens is 358 g/mol. The molecule has 10 heteroatoms. The predicted octanol–water partition coefficient (Wildman–Crippen LogP) is 2.59. The fourth-order valence-electron chi connectivity index (χ4n) is 1.50. The Morgan fingerprint density at radius 1 is 0.667 bits per heavy atom. The Morgan fingerprint density at radius 2 is 0.958 bits per heavy atom. The molecule has 2 rings (SSSR count). The topological polar surface area (TPSA) is 134 Å². The van der Waals surface area contributed by atoms with Gasteiger partial charge in [0.25, 0.3) is 0 Å². The molecule has 0 aliphatic rings. The SMILES string of the molecule is O=P(O)(O)O.O=P(O)(OCc1ccccc1)OCc1ccccc1. The lowest BCUT2D eigenvalue weighted by Gasteiger charge is -2.12. The Kier molecular flexibility index (Phi) is 8.48. The molecule has 0 spiro atoms. The van der Waals surface area contributed by atoms with Crippen molar-refractivity contribution in [2.75, 3.05) is 0 Å². The molecule has 0 aliphatic carbocycles. The van der Waals surface area contributed by atoms with Crippen LogP contribution in [0.3, 0.4) is 0 Å². The monoisotopic (exact) mass is 376 g/mol. The van der Waals surface area contributed by atoms with Crippen LogP contribution in [0.5, 0.6) is 0 Å². The molecule has 4 N–H and O–H groups in total. The van der Waals surface area contributed by atoms with Gasteiger partial charge in [-0.3, -0.25) is 9.05 Å². The van der Waals surface area contributed by atoms with Crippen molar-refractivity contribution in [2.24, 2.45) is 0 Å². The molecule has 132 valence electrons. The standard InChI is InChI=1S/C14H15O4P.H3O4P/c15-19(16,17-11-13-7-3-1-4-8-13)18-12-14-9-5-2-6-10-14;1-5(2,3)4/h1-10H,11-12H2,(H,15,16);(H3,1,2,3,4). The molecule has 0 heterocycles. The number of benzene rings is 2. The summed E-state index contributed by atoms with van der Waals surface area (Å²) in [4.78, 5) is 31.1. The van der Waals surface area contributed by atoms with E-state index in [0.717, 1.165) is 11.1 Å². The Morgan fingerprint density at radius 3 is 1.25 bits per heavy atom. The van der Waals surface area contributed by atoms with E-state index in [1.54, 1.807) is 0 Å². The van der Waals surface area contributed by atoms with Crippen molar-refractivity contribution in [1.82, 2.24) is 0 Å². The Bertz CT molecular complexity index is 631. The van der Waals surface area contributed by atoms with Crippen LogP contribution in [0, 0.1) is 0 Å². The van der Waals surface area contributed by atoms with Crippen molar-refractivity contribution < 1.29 is 37.8 Å². The highest BCUT2D eigenvalue weighted by Gasteiger charge is 2.20. The summed E-state index contributed by atoms with van der Waals surface area (Å²) in [6, 6.07) is 18.4. The second kappa shape index (κ2) is 9.84. The smallest absolute Gasteiger partial charge is 0.303 e. The van der Waals surface area contributed by atoms with E-state index < -0.39 is 15.6 Å². The summed E-state index contributed by atoms with van der Waals surface area (Å²) < 4.78 is 30.4. The molecule has 0 amide bonds. The lowest BCUT2D eigenvalue weighted by atomic mass is 10.2. The van der Waals surface area contributed by atoms with Crippen LogP contribution in [0.1, 0.15) is 11.1 Å². The van der Waals surface area contributed by atoms with E-state index in [-0.39, 0.29) is 13.2 Å². The van der Waals surface area contributed by atoms with E-state index >= 15 is 0 Å². The van der Waals surface area contributed by atoms with E-state index in [0.29, 0.717) is 0 Å². The molecular formula is C14H18O8P2. The Balaban J connectivity index is 0.000000505. The van der Waals surface area contributed by atoms with Crippen LogP contribution in [-0.4, -0.2) is 19.6 Å². The highest BCUT2D eigenvalue weighted by molar-refractivity contribution is 7.47. The Hall–Kier alpha value is -1.34. The molecule has 0 atom stereocenters. The molecule has 0 saturated carbocycles. The molecule has 24 heavy (non-hydrogen) atoms. The molecule has 2 aromatic carbocycles. The first-order valence-corrected chi connectivity index (χ1v) is 9.70. The van der Waals surface area contributed by atoms with Gasteiger partial charge in [-0.1, -0.05) is 60.7 Å². The highest BCUT2D eigenvalue weighted by Crippen LogP contribution is 2.44. The minimum Gasteiger partial charge on any atom is -0.303 e. The summed E-state index contributed by atoms with van der Waals surface area (Å²) in [5.74, 6) is 0. The third kappa shape index (κ3) is 11.2. The normalized spacial score (nSPS) is 11.5. The van der Waals surface area contributed by atoms with Crippen LogP contribution in [0.2, 0.25) is 0 Å². The molecule has 2 aromatic rings. The fraction of sp³-hybridized carbons (Fsp3) is 0.143. The summed E-state index contributed by atoms with van der Waals surface area (Å²) >= 11 is 0. The maximum atomic E-state index is 11.7. The first kappa shape index (κ1) is 20.7. The first-order chi connectivity index (χ1) is 11.2. The summed E-state index contributed by atoms with van der Waals surface area (Å²) in [6.45, 7) is 0.0901. The van der Waals surface area contributed by atoms with Gasteiger partial charge in [0, 0.05) is 0 Å². The molecule has 0 aliphatic heterocycles. The van der Waals surface area contributed by atoms with Gasteiger partial charge in [0.15, 0.2) is 0 Å². The lowest BCUT2D eigenvalue weighted by molar-refractivity contribution is 0.137. The predicted molar refractivity (Wildman–Crippen MR) is 86.6 cm³/mol. The number of phosphoric ester groups is 1. The molecule has 0 fully saturated rings. The molecule has 0 unspecified atom stereocenters. The van der Waals surface area contributed by atoms with Gasteiger partial charge < -0.3 is 19.6 Å². The van der Waals surface area contributed by atoms with Crippen molar-refractivity contribution in [3.8, 4) is 0 Å². The van der Waals surface area contributed by atoms with Gasteiger partial charge in [-0.15, -0.1) is 0 Å². The van der Waals surface area contributed by atoms with Crippen molar-refractivity contribution >= 4 is 15.6 Å². The first-order valence-electron chi connectivity index (χ1n) is 6.64. The zero-order valence-electron chi connectivity index (χ0n) is 12.5.